The summed E-state index contributed by atoms with van der Waals surface area (Å²) in [6.07, 6.45) is -1.15. The first-order valence-corrected chi connectivity index (χ1v) is 7.63. The van der Waals surface area contributed by atoms with Crippen molar-refractivity contribution >= 4 is 21.5 Å². The normalized spacial score (nSPS) is 14.3. The standard InChI is InChI=1S/C19H21NO2/c1-20-11-10-18(21)19(22)17-12-13-6-2-3-7-14(13)15-8-4-5-9-16(15)17/h2-9,12,18-22H,10-11H2,1H3. The highest BCUT2D eigenvalue weighted by Gasteiger charge is 2.20. The van der Waals surface area contributed by atoms with Crippen LogP contribution in [0.2, 0.25) is 0 Å². The number of rotatable bonds is 5. The molecule has 0 aromatic heterocycles. The molecule has 0 aliphatic heterocycles. The van der Waals surface area contributed by atoms with E-state index in [4.69, 9.17) is 0 Å². The molecule has 0 aliphatic rings. The summed E-state index contributed by atoms with van der Waals surface area (Å²) in [6.45, 7) is 0.670. The fraction of sp³-hybridized carbons (Fsp3) is 0.263. The summed E-state index contributed by atoms with van der Waals surface area (Å²) in [4.78, 5) is 0. The molecule has 0 radical (unpaired) electrons. The summed E-state index contributed by atoms with van der Waals surface area (Å²) < 4.78 is 0. The van der Waals surface area contributed by atoms with E-state index in [1.165, 1.54) is 5.39 Å². The maximum absolute atomic E-state index is 10.6. The molecule has 3 nitrogen and oxygen atoms in total. The van der Waals surface area contributed by atoms with Gasteiger partial charge in [0, 0.05) is 0 Å². The Labute approximate surface area is 130 Å². The van der Waals surface area contributed by atoms with Gasteiger partial charge in [0.1, 0.15) is 6.10 Å². The van der Waals surface area contributed by atoms with Crippen molar-refractivity contribution in [3.05, 3.63) is 60.2 Å². The zero-order valence-corrected chi connectivity index (χ0v) is 12.7. The maximum Gasteiger partial charge on any atom is 0.106 e. The topological polar surface area (TPSA) is 52.5 Å². The third-order valence-electron chi connectivity index (χ3n) is 4.17. The van der Waals surface area contributed by atoms with Crippen molar-refractivity contribution in [2.24, 2.45) is 0 Å². The molecule has 0 heterocycles. The van der Waals surface area contributed by atoms with E-state index in [0.29, 0.717) is 13.0 Å². The molecule has 0 spiro atoms. The first-order chi connectivity index (χ1) is 10.7. The predicted molar refractivity (Wildman–Crippen MR) is 91.0 cm³/mol. The number of fused-ring (bicyclic) bond motifs is 3. The lowest BCUT2D eigenvalue weighted by Gasteiger charge is -2.21. The fourth-order valence-corrected chi connectivity index (χ4v) is 2.99. The summed E-state index contributed by atoms with van der Waals surface area (Å²) in [7, 11) is 1.84. The van der Waals surface area contributed by atoms with E-state index in [1.807, 2.05) is 49.5 Å². The number of benzene rings is 3. The number of hydrogen-bond acceptors (Lipinski definition) is 3. The van der Waals surface area contributed by atoms with Gasteiger partial charge in [0.25, 0.3) is 0 Å². The van der Waals surface area contributed by atoms with Gasteiger partial charge in [0.15, 0.2) is 0 Å². The highest BCUT2D eigenvalue weighted by molar-refractivity contribution is 6.09. The van der Waals surface area contributed by atoms with Crippen molar-refractivity contribution in [1.29, 1.82) is 0 Å². The van der Waals surface area contributed by atoms with E-state index >= 15 is 0 Å². The largest absolute Gasteiger partial charge is 0.390 e. The molecule has 0 aliphatic carbocycles. The van der Waals surface area contributed by atoms with Gasteiger partial charge in [-0.15, -0.1) is 0 Å². The van der Waals surface area contributed by atoms with Gasteiger partial charge in [-0.3, -0.25) is 0 Å². The monoisotopic (exact) mass is 295 g/mol. The van der Waals surface area contributed by atoms with Gasteiger partial charge in [-0.05, 0) is 53.2 Å². The number of hydrogen-bond donors (Lipinski definition) is 3. The second-order valence-corrected chi connectivity index (χ2v) is 5.64. The van der Waals surface area contributed by atoms with Crippen LogP contribution in [-0.2, 0) is 0 Å². The molecular weight excluding hydrogens is 274 g/mol. The summed E-state index contributed by atoms with van der Waals surface area (Å²) in [5.41, 5.74) is 0.790. The first kappa shape index (κ1) is 15.0. The van der Waals surface area contributed by atoms with Crippen LogP contribution in [0.5, 0.6) is 0 Å². The third kappa shape index (κ3) is 2.71. The number of nitrogens with one attached hydrogen (secondary N) is 1. The Morgan fingerprint density at radius 3 is 2.27 bits per heavy atom. The van der Waals surface area contributed by atoms with Crippen LogP contribution < -0.4 is 5.32 Å². The molecule has 0 fully saturated rings. The quantitative estimate of drug-likeness (QED) is 0.634. The number of aliphatic hydroxyl groups is 2. The zero-order chi connectivity index (χ0) is 15.5. The Kier molecular flexibility index (Phi) is 4.39. The fourth-order valence-electron chi connectivity index (χ4n) is 2.99. The molecule has 3 heteroatoms. The van der Waals surface area contributed by atoms with Crippen LogP contribution in [-0.4, -0.2) is 29.9 Å². The highest BCUT2D eigenvalue weighted by Crippen LogP contribution is 2.33. The lowest BCUT2D eigenvalue weighted by atomic mass is 9.92. The molecule has 0 amide bonds. The van der Waals surface area contributed by atoms with E-state index in [9.17, 15) is 10.2 Å². The van der Waals surface area contributed by atoms with E-state index in [0.717, 1.165) is 21.7 Å². The summed E-state index contributed by atoms with van der Waals surface area (Å²) in [6, 6.07) is 18.2. The van der Waals surface area contributed by atoms with Crippen molar-refractivity contribution in [1.82, 2.24) is 5.32 Å². The minimum atomic E-state index is -0.886. The minimum absolute atomic E-state index is 0.513. The van der Waals surface area contributed by atoms with Crippen molar-refractivity contribution in [3.8, 4) is 0 Å². The van der Waals surface area contributed by atoms with Gasteiger partial charge in [-0.25, -0.2) is 0 Å². The van der Waals surface area contributed by atoms with Crippen LogP contribution in [0.4, 0.5) is 0 Å². The van der Waals surface area contributed by atoms with Crippen LogP contribution in [0, 0.1) is 0 Å². The van der Waals surface area contributed by atoms with Gasteiger partial charge < -0.3 is 15.5 Å². The molecule has 3 aromatic rings. The zero-order valence-electron chi connectivity index (χ0n) is 12.7. The molecule has 0 saturated carbocycles. The summed E-state index contributed by atoms with van der Waals surface area (Å²) >= 11 is 0. The lowest BCUT2D eigenvalue weighted by Crippen LogP contribution is -2.23. The van der Waals surface area contributed by atoms with Gasteiger partial charge in [-0.1, -0.05) is 48.5 Å². The molecule has 2 atom stereocenters. The molecule has 22 heavy (non-hydrogen) atoms. The average Bonchev–Trinajstić information content (AvgIpc) is 2.58. The molecule has 3 aromatic carbocycles. The Morgan fingerprint density at radius 2 is 1.55 bits per heavy atom. The maximum atomic E-state index is 10.6. The van der Waals surface area contributed by atoms with Crippen molar-refractivity contribution < 1.29 is 10.2 Å². The molecule has 0 saturated heterocycles. The SMILES string of the molecule is CNCCC(O)C(O)c1cc2ccccc2c2ccccc12. The summed E-state index contributed by atoms with van der Waals surface area (Å²) in [5, 5.41) is 28.2. The number of aliphatic hydroxyl groups excluding tert-OH is 2. The smallest absolute Gasteiger partial charge is 0.106 e. The minimum Gasteiger partial charge on any atom is -0.390 e. The summed E-state index contributed by atoms with van der Waals surface area (Å²) in [5.74, 6) is 0. The van der Waals surface area contributed by atoms with Crippen LogP contribution in [0.3, 0.4) is 0 Å². The van der Waals surface area contributed by atoms with Gasteiger partial charge in [-0.2, -0.15) is 0 Å². The van der Waals surface area contributed by atoms with E-state index in [1.54, 1.807) is 0 Å². The second kappa shape index (κ2) is 6.44. The lowest BCUT2D eigenvalue weighted by molar-refractivity contribution is 0.0149. The van der Waals surface area contributed by atoms with E-state index in [-0.39, 0.29) is 0 Å². The van der Waals surface area contributed by atoms with Crippen molar-refractivity contribution in [2.75, 3.05) is 13.6 Å². The van der Waals surface area contributed by atoms with Crippen LogP contribution in [0.15, 0.2) is 54.6 Å². The van der Waals surface area contributed by atoms with Gasteiger partial charge in [0.2, 0.25) is 0 Å². The second-order valence-electron chi connectivity index (χ2n) is 5.64. The van der Waals surface area contributed by atoms with Crippen LogP contribution in [0.25, 0.3) is 21.5 Å². The Bertz CT molecular complexity index is 785. The Hall–Kier alpha value is -1.94. The highest BCUT2D eigenvalue weighted by atomic mass is 16.3. The molecule has 3 N–H and O–H groups in total. The third-order valence-corrected chi connectivity index (χ3v) is 4.17. The molecule has 3 rings (SSSR count). The molecule has 0 bridgehead atoms. The predicted octanol–water partition coefficient (Wildman–Crippen LogP) is 3.00. The molecular formula is C19H21NO2. The average molecular weight is 295 g/mol. The van der Waals surface area contributed by atoms with Crippen molar-refractivity contribution in [3.63, 3.8) is 0 Å². The van der Waals surface area contributed by atoms with Gasteiger partial charge >= 0.3 is 0 Å². The molecule has 114 valence electrons. The Morgan fingerprint density at radius 1 is 0.909 bits per heavy atom. The first-order valence-electron chi connectivity index (χ1n) is 7.63. The Balaban J connectivity index is 2.15. The van der Waals surface area contributed by atoms with Gasteiger partial charge in [0.05, 0.1) is 6.10 Å². The van der Waals surface area contributed by atoms with Crippen molar-refractivity contribution in [2.45, 2.75) is 18.6 Å². The van der Waals surface area contributed by atoms with E-state index < -0.39 is 12.2 Å². The molecule has 2 unspecified atom stereocenters. The van der Waals surface area contributed by atoms with Crippen LogP contribution in [0.1, 0.15) is 18.1 Å². The van der Waals surface area contributed by atoms with Crippen LogP contribution >= 0.6 is 0 Å². The van der Waals surface area contributed by atoms with E-state index in [2.05, 4.69) is 17.4 Å².